The van der Waals surface area contributed by atoms with Crippen LogP contribution in [0.15, 0.2) is 21.2 Å². The van der Waals surface area contributed by atoms with Gasteiger partial charge in [-0.15, -0.1) is 0 Å². The fourth-order valence-corrected chi connectivity index (χ4v) is 1.65. The zero-order chi connectivity index (χ0) is 13.0. The molecule has 0 aliphatic carbocycles. The Morgan fingerprint density at radius 2 is 2.24 bits per heavy atom. The fourth-order valence-electron chi connectivity index (χ4n) is 1.31. The van der Waals surface area contributed by atoms with Gasteiger partial charge in [0.25, 0.3) is 0 Å². The Morgan fingerprint density at radius 3 is 2.71 bits per heavy atom. The summed E-state index contributed by atoms with van der Waals surface area (Å²) < 4.78 is 5.80. The molecule has 0 fully saturated rings. The Hall–Kier alpha value is -1.34. The van der Waals surface area contributed by atoms with Gasteiger partial charge in [-0.25, -0.2) is 0 Å². The predicted octanol–water partition coefficient (Wildman–Crippen LogP) is 0.802. The number of carboxylic acids is 1. The Kier molecular flexibility index (Phi) is 4.71. The lowest BCUT2D eigenvalue weighted by Crippen LogP contribution is -2.42. The summed E-state index contributed by atoms with van der Waals surface area (Å²) in [5.41, 5.74) is 5.47. The first-order chi connectivity index (χ1) is 7.90. The molecule has 0 saturated heterocycles. The van der Waals surface area contributed by atoms with Crippen LogP contribution in [0.5, 0.6) is 0 Å². The lowest BCUT2D eigenvalue weighted by molar-refractivity contribution is -0.141. The van der Waals surface area contributed by atoms with Gasteiger partial charge in [0.15, 0.2) is 4.67 Å². The van der Waals surface area contributed by atoms with E-state index in [0.29, 0.717) is 10.4 Å². The Bertz CT molecular complexity index is 418. The minimum atomic E-state index is -1.10. The van der Waals surface area contributed by atoms with Crippen molar-refractivity contribution in [3.8, 4) is 0 Å². The fraction of sp³-hybridized carbons (Fsp3) is 0.400. The van der Waals surface area contributed by atoms with Gasteiger partial charge in [0, 0.05) is 7.05 Å². The molecule has 0 aliphatic rings. The molecule has 1 amide bonds. The Labute approximate surface area is 106 Å². The van der Waals surface area contributed by atoms with E-state index in [0.717, 1.165) is 0 Å². The number of hydrogen-bond acceptors (Lipinski definition) is 4. The normalized spacial score (nSPS) is 12.2. The number of amides is 1. The van der Waals surface area contributed by atoms with Crippen LogP contribution in [0.3, 0.4) is 0 Å². The van der Waals surface area contributed by atoms with Crippen molar-refractivity contribution >= 4 is 27.8 Å². The molecule has 3 N–H and O–H groups in total. The molecule has 6 nitrogen and oxygen atoms in total. The number of likely N-dealkylation sites (N-methyl/N-ethyl adjacent to an activating group) is 1. The van der Waals surface area contributed by atoms with Crippen molar-refractivity contribution in [2.75, 3.05) is 7.05 Å². The number of carboxylic acid groups (broad SMARTS) is 1. The van der Waals surface area contributed by atoms with Crippen LogP contribution in [0, 0.1) is 0 Å². The van der Waals surface area contributed by atoms with E-state index < -0.39 is 17.9 Å². The van der Waals surface area contributed by atoms with Gasteiger partial charge in [0.05, 0.1) is 19.0 Å². The maximum Gasteiger partial charge on any atom is 0.305 e. The highest BCUT2D eigenvalue weighted by Gasteiger charge is 2.21. The van der Waals surface area contributed by atoms with Crippen LogP contribution in [0.2, 0.25) is 0 Å². The van der Waals surface area contributed by atoms with Crippen LogP contribution >= 0.6 is 15.9 Å². The number of halogens is 1. The first kappa shape index (κ1) is 13.7. The molecule has 0 bridgehead atoms. The molecule has 0 aromatic carbocycles. The second kappa shape index (κ2) is 5.83. The van der Waals surface area contributed by atoms with Gasteiger partial charge in [-0.05, 0) is 28.1 Å². The molecule has 7 heteroatoms. The summed E-state index contributed by atoms with van der Waals surface area (Å²) in [5, 5.41) is 8.53. The van der Waals surface area contributed by atoms with Crippen LogP contribution < -0.4 is 5.73 Å². The number of hydrogen-bond donors (Lipinski definition) is 2. The number of carbonyl (C=O) groups excluding carboxylic acids is 1. The van der Waals surface area contributed by atoms with Gasteiger partial charge < -0.3 is 20.2 Å². The molecular weight excluding hydrogens is 292 g/mol. The smallest absolute Gasteiger partial charge is 0.305 e. The average molecular weight is 305 g/mol. The molecule has 1 heterocycles. The number of nitrogens with two attached hydrogens (primary N) is 1. The topological polar surface area (TPSA) is 96.8 Å². The molecule has 94 valence electrons. The maximum atomic E-state index is 11.7. The lowest BCUT2D eigenvalue weighted by atomic mass is 10.2. The van der Waals surface area contributed by atoms with Crippen LogP contribution in [0.1, 0.15) is 12.2 Å². The van der Waals surface area contributed by atoms with Crippen LogP contribution in [0.4, 0.5) is 0 Å². The summed E-state index contributed by atoms with van der Waals surface area (Å²) in [6.45, 7) is 0.248. The molecular formula is C10H13BrN2O4. The standard InChI is InChI=1S/C10H13BrN2O4/c1-13(5-6-2-3-8(11)17-6)10(16)7(12)4-9(14)15/h2-3,7H,4-5,12H2,1H3,(H,14,15). The van der Waals surface area contributed by atoms with Gasteiger partial charge in [-0.2, -0.15) is 0 Å². The van der Waals surface area contributed by atoms with Crippen molar-refractivity contribution in [3.05, 3.63) is 22.6 Å². The van der Waals surface area contributed by atoms with E-state index in [4.69, 9.17) is 15.3 Å². The third-order valence-electron chi connectivity index (χ3n) is 2.11. The summed E-state index contributed by atoms with van der Waals surface area (Å²) in [6.07, 6.45) is -0.384. The maximum absolute atomic E-state index is 11.7. The lowest BCUT2D eigenvalue weighted by Gasteiger charge is -2.19. The molecule has 0 saturated carbocycles. The van der Waals surface area contributed by atoms with Crippen LogP contribution in [-0.2, 0) is 16.1 Å². The molecule has 1 aromatic heterocycles. The van der Waals surface area contributed by atoms with Crippen molar-refractivity contribution in [3.63, 3.8) is 0 Å². The van der Waals surface area contributed by atoms with E-state index in [1.165, 1.54) is 4.90 Å². The highest BCUT2D eigenvalue weighted by atomic mass is 79.9. The number of furan rings is 1. The summed E-state index contributed by atoms with van der Waals surface area (Å²) in [4.78, 5) is 23.4. The zero-order valence-electron chi connectivity index (χ0n) is 9.22. The molecule has 1 rings (SSSR count). The minimum Gasteiger partial charge on any atom is -0.481 e. The second-order valence-electron chi connectivity index (χ2n) is 3.60. The monoisotopic (exact) mass is 304 g/mol. The molecule has 17 heavy (non-hydrogen) atoms. The molecule has 1 atom stereocenters. The van der Waals surface area contributed by atoms with Crippen molar-refractivity contribution in [1.29, 1.82) is 0 Å². The van der Waals surface area contributed by atoms with E-state index in [9.17, 15) is 9.59 Å². The largest absolute Gasteiger partial charge is 0.481 e. The van der Waals surface area contributed by atoms with E-state index in [-0.39, 0.29) is 13.0 Å². The highest BCUT2D eigenvalue weighted by Crippen LogP contribution is 2.15. The Morgan fingerprint density at radius 1 is 1.59 bits per heavy atom. The Balaban J connectivity index is 2.55. The third kappa shape index (κ3) is 4.20. The van der Waals surface area contributed by atoms with Gasteiger partial charge in [0.1, 0.15) is 5.76 Å². The average Bonchev–Trinajstić information content (AvgIpc) is 2.61. The molecule has 1 aromatic rings. The van der Waals surface area contributed by atoms with Crippen molar-refractivity contribution in [2.45, 2.75) is 19.0 Å². The number of nitrogens with zero attached hydrogens (tertiary/aromatic N) is 1. The molecule has 0 aliphatic heterocycles. The SMILES string of the molecule is CN(Cc1ccc(Br)o1)C(=O)C(N)CC(=O)O. The minimum absolute atomic E-state index is 0.248. The molecule has 0 radical (unpaired) electrons. The highest BCUT2D eigenvalue weighted by molar-refractivity contribution is 9.10. The van der Waals surface area contributed by atoms with Crippen molar-refractivity contribution in [2.24, 2.45) is 5.73 Å². The summed E-state index contributed by atoms with van der Waals surface area (Å²) in [7, 11) is 1.54. The number of carbonyl (C=O) groups is 2. The van der Waals surface area contributed by atoms with Gasteiger partial charge in [0.2, 0.25) is 5.91 Å². The summed E-state index contributed by atoms with van der Waals surface area (Å²) in [6, 6.07) is 2.40. The van der Waals surface area contributed by atoms with E-state index in [2.05, 4.69) is 15.9 Å². The van der Waals surface area contributed by atoms with Gasteiger partial charge in [-0.3, -0.25) is 9.59 Å². The van der Waals surface area contributed by atoms with E-state index >= 15 is 0 Å². The molecule has 0 spiro atoms. The van der Waals surface area contributed by atoms with Crippen molar-refractivity contribution < 1.29 is 19.1 Å². The first-order valence-corrected chi connectivity index (χ1v) is 5.66. The third-order valence-corrected chi connectivity index (χ3v) is 2.54. The first-order valence-electron chi connectivity index (χ1n) is 4.86. The van der Waals surface area contributed by atoms with E-state index in [1.807, 2.05) is 0 Å². The van der Waals surface area contributed by atoms with Gasteiger partial charge in [-0.1, -0.05) is 0 Å². The van der Waals surface area contributed by atoms with E-state index in [1.54, 1.807) is 19.2 Å². The summed E-state index contributed by atoms with van der Waals surface area (Å²) in [5.74, 6) is -0.935. The van der Waals surface area contributed by atoms with Crippen molar-refractivity contribution in [1.82, 2.24) is 4.90 Å². The molecule has 1 unspecified atom stereocenters. The summed E-state index contributed by atoms with van der Waals surface area (Å²) >= 11 is 3.15. The van der Waals surface area contributed by atoms with Gasteiger partial charge >= 0.3 is 5.97 Å². The zero-order valence-corrected chi connectivity index (χ0v) is 10.8. The quantitative estimate of drug-likeness (QED) is 0.839. The number of aliphatic carboxylic acids is 1. The second-order valence-corrected chi connectivity index (χ2v) is 4.39. The predicted molar refractivity (Wildman–Crippen MR) is 63.1 cm³/mol. The van der Waals surface area contributed by atoms with Crippen LogP contribution in [-0.4, -0.2) is 35.0 Å². The van der Waals surface area contributed by atoms with Crippen LogP contribution in [0.25, 0.3) is 0 Å². The number of rotatable bonds is 5.